The van der Waals surface area contributed by atoms with Gasteiger partial charge in [0.25, 0.3) is 5.79 Å². The summed E-state index contributed by atoms with van der Waals surface area (Å²) in [5.41, 5.74) is 1.61. The molecule has 1 aliphatic carbocycles. The van der Waals surface area contributed by atoms with E-state index in [0.717, 1.165) is 37.0 Å². The highest BCUT2D eigenvalue weighted by molar-refractivity contribution is 7.08. The molecule has 1 spiro atoms. The molecule has 28 heavy (non-hydrogen) atoms. The lowest BCUT2D eigenvalue weighted by molar-refractivity contribution is -0.116. The first-order chi connectivity index (χ1) is 13.7. The predicted octanol–water partition coefficient (Wildman–Crippen LogP) is 4.41. The Morgan fingerprint density at radius 2 is 2.04 bits per heavy atom. The average molecular weight is 397 g/mol. The van der Waals surface area contributed by atoms with Crippen LogP contribution in [0.4, 0.5) is 5.69 Å². The van der Waals surface area contributed by atoms with Crippen molar-refractivity contribution in [2.24, 2.45) is 0 Å². The second-order valence-electron chi connectivity index (χ2n) is 7.06. The number of carbonyl (C=O) groups is 1. The van der Waals surface area contributed by atoms with Crippen molar-refractivity contribution in [1.29, 1.82) is 0 Å². The van der Waals surface area contributed by atoms with E-state index in [-0.39, 0.29) is 12.3 Å². The molecule has 8 heteroatoms. The molecule has 7 nitrogen and oxygen atoms in total. The van der Waals surface area contributed by atoms with Crippen LogP contribution in [0.5, 0.6) is 11.5 Å². The quantitative estimate of drug-likeness (QED) is 0.686. The number of rotatable bonds is 5. The van der Waals surface area contributed by atoms with Gasteiger partial charge in [-0.2, -0.15) is 16.3 Å². The fourth-order valence-corrected chi connectivity index (χ4v) is 4.23. The van der Waals surface area contributed by atoms with Gasteiger partial charge in [0.05, 0.1) is 0 Å². The molecular weight excluding hydrogens is 378 g/mol. The first-order valence-corrected chi connectivity index (χ1v) is 10.3. The van der Waals surface area contributed by atoms with E-state index in [1.54, 1.807) is 11.3 Å². The normalized spacial score (nSPS) is 16.6. The third-order valence-corrected chi connectivity index (χ3v) is 5.68. The van der Waals surface area contributed by atoms with Gasteiger partial charge in [-0.3, -0.25) is 4.79 Å². The summed E-state index contributed by atoms with van der Waals surface area (Å²) in [5.74, 6) is 1.82. The number of anilines is 1. The van der Waals surface area contributed by atoms with Crippen LogP contribution in [0.25, 0.3) is 11.4 Å². The number of nitrogens with one attached hydrogen (secondary N) is 1. The lowest BCUT2D eigenvalue weighted by Gasteiger charge is -2.21. The Kier molecular flexibility index (Phi) is 4.27. The lowest BCUT2D eigenvalue weighted by atomic mass is 10.2. The SMILES string of the molecule is O=C(CCc1nc(-c2ccsc2)no1)Nc1ccc2c(c1)OC1(CCCC1)O2. The van der Waals surface area contributed by atoms with Gasteiger partial charge in [0.15, 0.2) is 11.5 Å². The molecule has 3 heterocycles. The maximum Gasteiger partial charge on any atom is 0.251 e. The number of fused-ring (bicyclic) bond motifs is 1. The van der Waals surface area contributed by atoms with Crippen LogP contribution in [0, 0.1) is 0 Å². The Bertz CT molecular complexity index is 993. The molecule has 1 amide bonds. The Labute approximate surface area is 165 Å². The molecule has 144 valence electrons. The number of aromatic nitrogens is 2. The van der Waals surface area contributed by atoms with Crippen molar-refractivity contribution < 1.29 is 18.8 Å². The molecule has 0 saturated heterocycles. The lowest BCUT2D eigenvalue weighted by Crippen LogP contribution is -2.34. The van der Waals surface area contributed by atoms with E-state index in [1.807, 2.05) is 35.0 Å². The van der Waals surface area contributed by atoms with Crippen LogP contribution in [0.15, 0.2) is 39.5 Å². The summed E-state index contributed by atoms with van der Waals surface area (Å²) in [6.45, 7) is 0. The molecule has 0 unspecified atom stereocenters. The molecule has 2 aliphatic rings. The number of thiophene rings is 1. The van der Waals surface area contributed by atoms with E-state index in [1.165, 1.54) is 0 Å². The first kappa shape index (κ1) is 17.2. The molecule has 1 saturated carbocycles. The van der Waals surface area contributed by atoms with Crippen molar-refractivity contribution in [2.45, 2.75) is 44.3 Å². The van der Waals surface area contributed by atoms with Gasteiger partial charge in [0.2, 0.25) is 17.6 Å². The van der Waals surface area contributed by atoms with Crippen molar-refractivity contribution in [2.75, 3.05) is 5.32 Å². The Morgan fingerprint density at radius 3 is 2.86 bits per heavy atom. The van der Waals surface area contributed by atoms with Gasteiger partial charge in [0.1, 0.15) is 0 Å². The summed E-state index contributed by atoms with van der Waals surface area (Å²) in [5, 5.41) is 10.8. The Morgan fingerprint density at radius 1 is 1.18 bits per heavy atom. The Hall–Kier alpha value is -2.87. The van der Waals surface area contributed by atoms with E-state index in [9.17, 15) is 4.79 Å². The summed E-state index contributed by atoms with van der Waals surface area (Å²) in [6, 6.07) is 7.43. The first-order valence-electron chi connectivity index (χ1n) is 9.36. The molecule has 1 N–H and O–H groups in total. The zero-order valence-corrected chi connectivity index (χ0v) is 16.0. The molecule has 1 aromatic carbocycles. The summed E-state index contributed by atoms with van der Waals surface area (Å²) in [7, 11) is 0. The smallest absolute Gasteiger partial charge is 0.251 e. The predicted molar refractivity (Wildman–Crippen MR) is 103 cm³/mol. The van der Waals surface area contributed by atoms with Gasteiger partial charge in [-0.25, -0.2) is 0 Å². The zero-order chi connectivity index (χ0) is 19.0. The molecule has 3 aromatic rings. The van der Waals surface area contributed by atoms with Crippen LogP contribution in [0.3, 0.4) is 0 Å². The van der Waals surface area contributed by atoms with Crippen LogP contribution >= 0.6 is 11.3 Å². The third kappa shape index (κ3) is 3.35. The second-order valence-corrected chi connectivity index (χ2v) is 7.84. The summed E-state index contributed by atoms with van der Waals surface area (Å²) in [4.78, 5) is 16.6. The van der Waals surface area contributed by atoms with Crippen molar-refractivity contribution >= 4 is 22.9 Å². The van der Waals surface area contributed by atoms with E-state index in [0.29, 0.717) is 29.6 Å². The fraction of sp³-hybridized carbons (Fsp3) is 0.350. The maximum absolute atomic E-state index is 12.3. The van der Waals surface area contributed by atoms with Crippen LogP contribution in [-0.2, 0) is 11.2 Å². The van der Waals surface area contributed by atoms with E-state index in [2.05, 4.69) is 15.5 Å². The standard InChI is InChI=1S/C20H19N3O4S/c24-17(5-6-18-22-19(23-27-18)13-7-10-28-12-13)21-14-3-4-15-16(11-14)26-20(25-15)8-1-2-9-20/h3-4,7,10-12H,1-2,5-6,8-9H2,(H,21,24). The largest absolute Gasteiger partial charge is 0.448 e. The molecule has 0 atom stereocenters. The summed E-state index contributed by atoms with van der Waals surface area (Å²) >= 11 is 1.57. The highest BCUT2D eigenvalue weighted by Crippen LogP contribution is 2.47. The van der Waals surface area contributed by atoms with E-state index in [4.69, 9.17) is 14.0 Å². The molecule has 1 fully saturated rings. The molecule has 2 aromatic heterocycles. The van der Waals surface area contributed by atoms with Crippen LogP contribution in [0.2, 0.25) is 0 Å². The third-order valence-electron chi connectivity index (χ3n) is 5.00. The van der Waals surface area contributed by atoms with Crippen molar-refractivity contribution in [3.05, 3.63) is 40.9 Å². The minimum absolute atomic E-state index is 0.121. The number of ether oxygens (including phenoxy) is 2. The number of hydrogen-bond acceptors (Lipinski definition) is 7. The van der Waals surface area contributed by atoms with Crippen LogP contribution in [-0.4, -0.2) is 21.8 Å². The number of hydrogen-bond donors (Lipinski definition) is 1. The van der Waals surface area contributed by atoms with E-state index >= 15 is 0 Å². The summed E-state index contributed by atoms with van der Waals surface area (Å²) in [6.07, 6.45) is 4.67. The van der Waals surface area contributed by atoms with Gasteiger partial charge in [-0.05, 0) is 36.4 Å². The average Bonchev–Trinajstić information content (AvgIpc) is 3.47. The number of benzene rings is 1. The fourth-order valence-electron chi connectivity index (χ4n) is 3.60. The molecule has 5 rings (SSSR count). The topological polar surface area (TPSA) is 86.5 Å². The van der Waals surface area contributed by atoms with Gasteiger partial charge in [-0.1, -0.05) is 5.16 Å². The molecule has 0 bridgehead atoms. The minimum Gasteiger partial charge on any atom is -0.448 e. The van der Waals surface area contributed by atoms with Gasteiger partial charge < -0.3 is 19.3 Å². The monoisotopic (exact) mass is 397 g/mol. The number of carbonyl (C=O) groups excluding carboxylic acids is 1. The molecule has 0 radical (unpaired) electrons. The maximum atomic E-state index is 12.3. The van der Waals surface area contributed by atoms with Crippen LogP contribution < -0.4 is 14.8 Å². The highest BCUT2D eigenvalue weighted by atomic mass is 32.1. The second kappa shape index (κ2) is 6.94. The van der Waals surface area contributed by atoms with Gasteiger partial charge in [0, 0.05) is 48.4 Å². The van der Waals surface area contributed by atoms with E-state index < -0.39 is 5.79 Å². The van der Waals surface area contributed by atoms with Crippen LogP contribution in [0.1, 0.15) is 38.0 Å². The van der Waals surface area contributed by atoms with Gasteiger partial charge >= 0.3 is 0 Å². The Balaban J connectivity index is 1.18. The van der Waals surface area contributed by atoms with Crippen molar-refractivity contribution in [3.8, 4) is 22.9 Å². The van der Waals surface area contributed by atoms with Gasteiger partial charge in [-0.15, -0.1) is 0 Å². The van der Waals surface area contributed by atoms with Crippen molar-refractivity contribution in [1.82, 2.24) is 10.1 Å². The molecule has 1 aliphatic heterocycles. The number of aryl methyl sites for hydroxylation is 1. The minimum atomic E-state index is -0.497. The summed E-state index contributed by atoms with van der Waals surface area (Å²) < 4.78 is 17.3. The number of nitrogens with zero attached hydrogens (tertiary/aromatic N) is 2. The zero-order valence-electron chi connectivity index (χ0n) is 15.1. The highest BCUT2D eigenvalue weighted by Gasteiger charge is 2.44. The molecular formula is C20H19N3O4S. The van der Waals surface area contributed by atoms with Crippen molar-refractivity contribution in [3.63, 3.8) is 0 Å². The number of amides is 1.